The highest BCUT2D eigenvalue weighted by atomic mass is 32.2. The molecule has 1 aromatic carbocycles. The van der Waals surface area contributed by atoms with Gasteiger partial charge < -0.3 is 10.6 Å². The zero-order valence-electron chi connectivity index (χ0n) is 23.5. The van der Waals surface area contributed by atoms with Crippen molar-refractivity contribution in [3.8, 4) is 0 Å². The summed E-state index contributed by atoms with van der Waals surface area (Å²) in [5, 5.41) is 6.32. The van der Waals surface area contributed by atoms with Crippen LogP contribution >= 0.6 is 0 Å². The normalized spacial score (nSPS) is 39.4. The molecule has 1 aromatic rings. The third-order valence-electron chi connectivity index (χ3n) is 11.5. The van der Waals surface area contributed by atoms with Gasteiger partial charge in [0, 0.05) is 17.6 Å². The molecular formula is C31H42FN3O4S. The van der Waals surface area contributed by atoms with Gasteiger partial charge in [0.25, 0.3) is 5.91 Å². The molecular weight excluding hydrogens is 529 g/mol. The van der Waals surface area contributed by atoms with E-state index in [4.69, 9.17) is 0 Å². The molecule has 0 atom stereocenters. The number of halogens is 1. The minimum atomic E-state index is -4.36. The first-order chi connectivity index (χ1) is 18.9. The molecule has 218 valence electrons. The van der Waals surface area contributed by atoms with Gasteiger partial charge in [-0.3, -0.25) is 9.59 Å². The summed E-state index contributed by atoms with van der Waals surface area (Å²) in [5.41, 5.74) is -1.35. The Morgan fingerprint density at radius 1 is 0.750 bits per heavy atom. The Bertz CT molecular complexity index is 1270. The highest BCUT2D eigenvalue weighted by Crippen LogP contribution is 2.54. The molecule has 8 bridgehead atoms. The molecule has 8 aliphatic carbocycles. The van der Waals surface area contributed by atoms with Crippen molar-refractivity contribution in [3.63, 3.8) is 0 Å². The summed E-state index contributed by atoms with van der Waals surface area (Å²) < 4.78 is 44.1. The molecule has 2 amide bonds. The molecule has 8 saturated carbocycles. The van der Waals surface area contributed by atoms with E-state index in [2.05, 4.69) is 15.4 Å². The molecule has 0 aliphatic heterocycles. The van der Waals surface area contributed by atoms with Crippen LogP contribution in [0.25, 0.3) is 0 Å². The number of sulfonamides is 1. The van der Waals surface area contributed by atoms with Gasteiger partial charge in [0.05, 0.1) is 0 Å². The standard InChI is InChI=1S/C31H42FN3O4S/c1-31(2,30(37)34-28-23-11-18-6-19(13-23)14-24(28)12-18)35-40(38,39)26-4-3-20(15-25(26)32)29(36)33-27-21-7-16-5-17(9-21)10-22(27)8-16/h3-4,15-19,21-24,27-28,35H,5-14H2,1-2H3,(H,33,36)(H,34,37). The number of rotatable bonds is 7. The first-order valence-electron chi connectivity index (χ1n) is 15.4. The quantitative estimate of drug-likeness (QED) is 0.452. The van der Waals surface area contributed by atoms with Crippen molar-refractivity contribution in [1.82, 2.24) is 15.4 Å². The Morgan fingerprint density at radius 3 is 1.65 bits per heavy atom. The van der Waals surface area contributed by atoms with Crippen molar-refractivity contribution in [2.75, 3.05) is 0 Å². The smallest absolute Gasteiger partial charge is 0.251 e. The van der Waals surface area contributed by atoms with Crippen LogP contribution in [-0.2, 0) is 14.8 Å². The Labute approximate surface area is 236 Å². The largest absolute Gasteiger partial charge is 0.351 e. The molecule has 0 saturated heterocycles. The van der Waals surface area contributed by atoms with E-state index >= 15 is 4.39 Å². The Kier molecular flexibility index (Phi) is 6.39. The molecule has 3 N–H and O–H groups in total. The molecule has 8 aliphatic rings. The van der Waals surface area contributed by atoms with Crippen LogP contribution in [0.3, 0.4) is 0 Å². The third kappa shape index (κ3) is 4.69. The molecule has 9 heteroatoms. The van der Waals surface area contributed by atoms with Crippen LogP contribution in [0, 0.1) is 53.2 Å². The number of benzene rings is 1. The maximum absolute atomic E-state index is 15.2. The van der Waals surface area contributed by atoms with E-state index < -0.39 is 26.3 Å². The predicted molar refractivity (Wildman–Crippen MR) is 148 cm³/mol. The highest BCUT2D eigenvalue weighted by molar-refractivity contribution is 7.89. The van der Waals surface area contributed by atoms with E-state index in [0.29, 0.717) is 23.7 Å². The summed E-state index contributed by atoms with van der Waals surface area (Å²) in [5.74, 6) is 3.25. The number of hydrogen-bond donors (Lipinski definition) is 3. The number of carbonyl (C=O) groups excluding carboxylic acids is 2. The van der Waals surface area contributed by atoms with Crippen molar-refractivity contribution >= 4 is 21.8 Å². The topological polar surface area (TPSA) is 104 Å². The predicted octanol–water partition coefficient (Wildman–Crippen LogP) is 4.38. The summed E-state index contributed by atoms with van der Waals surface area (Å²) in [4.78, 5) is 25.8. The number of hydrogen-bond acceptors (Lipinski definition) is 4. The van der Waals surface area contributed by atoms with Gasteiger partial charge in [0.15, 0.2) is 0 Å². The highest BCUT2D eigenvalue weighted by Gasteiger charge is 2.50. The summed E-state index contributed by atoms with van der Waals surface area (Å²) in [6, 6.07) is 3.69. The zero-order chi connectivity index (χ0) is 28.0. The first kappa shape index (κ1) is 26.9. The van der Waals surface area contributed by atoms with Crippen molar-refractivity contribution < 1.29 is 22.4 Å². The van der Waals surface area contributed by atoms with Crippen LogP contribution < -0.4 is 15.4 Å². The van der Waals surface area contributed by atoms with E-state index in [0.717, 1.165) is 87.2 Å². The maximum Gasteiger partial charge on any atom is 0.251 e. The van der Waals surface area contributed by atoms with Crippen molar-refractivity contribution in [1.29, 1.82) is 0 Å². The lowest BCUT2D eigenvalue weighted by Crippen LogP contribution is -2.62. The van der Waals surface area contributed by atoms with Crippen LogP contribution in [0.5, 0.6) is 0 Å². The fourth-order valence-electron chi connectivity index (χ4n) is 10.2. The summed E-state index contributed by atoms with van der Waals surface area (Å²) in [6.45, 7) is 3.03. The molecule has 9 rings (SSSR count). The van der Waals surface area contributed by atoms with E-state index in [-0.39, 0.29) is 29.5 Å². The van der Waals surface area contributed by atoms with Gasteiger partial charge >= 0.3 is 0 Å². The minimum Gasteiger partial charge on any atom is -0.351 e. The Hall–Kier alpha value is -2.00. The van der Waals surface area contributed by atoms with Crippen molar-refractivity contribution in [2.45, 2.75) is 101 Å². The van der Waals surface area contributed by atoms with Gasteiger partial charge in [-0.1, -0.05) is 0 Å². The van der Waals surface area contributed by atoms with Crippen LogP contribution in [0.15, 0.2) is 23.1 Å². The van der Waals surface area contributed by atoms with E-state index in [1.807, 2.05) is 0 Å². The van der Waals surface area contributed by atoms with Crippen LogP contribution in [0.4, 0.5) is 4.39 Å². The number of amides is 2. The SMILES string of the molecule is CC(C)(NS(=O)(=O)c1ccc(C(=O)NC2C3CC4CC(C3)CC2C4)cc1F)C(=O)NC1C2CC3CC(C2)CC1C3. The zero-order valence-corrected chi connectivity index (χ0v) is 24.3. The molecule has 7 nitrogen and oxygen atoms in total. The van der Waals surface area contributed by atoms with Gasteiger partial charge in [-0.25, -0.2) is 12.8 Å². The lowest BCUT2D eigenvalue weighted by atomic mass is 9.54. The van der Waals surface area contributed by atoms with Crippen LogP contribution in [-0.4, -0.2) is 37.9 Å². The summed E-state index contributed by atoms with van der Waals surface area (Å²) >= 11 is 0. The Balaban J connectivity index is 1.01. The second-order valence-corrected chi connectivity index (χ2v) is 16.4. The first-order valence-corrected chi connectivity index (χ1v) is 16.9. The van der Waals surface area contributed by atoms with Crippen LogP contribution in [0.2, 0.25) is 0 Å². The molecule has 0 heterocycles. The molecule has 8 fully saturated rings. The average Bonchev–Trinajstić information content (AvgIpc) is 2.86. The van der Waals surface area contributed by atoms with Gasteiger partial charge in [-0.05, 0) is 144 Å². The molecule has 0 radical (unpaired) electrons. The van der Waals surface area contributed by atoms with Gasteiger partial charge in [-0.15, -0.1) is 0 Å². The number of nitrogens with one attached hydrogen (secondary N) is 3. The van der Waals surface area contributed by atoms with Crippen molar-refractivity contribution in [3.05, 3.63) is 29.6 Å². The summed E-state index contributed by atoms with van der Waals surface area (Å²) in [7, 11) is -4.36. The van der Waals surface area contributed by atoms with Gasteiger partial charge in [-0.2, -0.15) is 4.72 Å². The van der Waals surface area contributed by atoms with E-state index in [9.17, 15) is 18.0 Å². The van der Waals surface area contributed by atoms with Gasteiger partial charge in [0.2, 0.25) is 15.9 Å². The maximum atomic E-state index is 15.2. The lowest BCUT2D eigenvalue weighted by molar-refractivity contribution is -0.129. The molecule has 40 heavy (non-hydrogen) atoms. The monoisotopic (exact) mass is 571 g/mol. The summed E-state index contributed by atoms with van der Waals surface area (Å²) in [6.07, 6.45) is 11.8. The number of carbonyl (C=O) groups is 2. The fraction of sp³-hybridized carbons (Fsp3) is 0.742. The molecule has 0 unspecified atom stereocenters. The fourth-order valence-corrected chi connectivity index (χ4v) is 11.6. The van der Waals surface area contributed by atoms with Gasteiger partial charge in [0.1, 0.15) is 16.3 Å². The second-order valence-electron chi connectivity index (χ2n) is 14.7. The van der Waals surface area contributed by atoms with E-state index in [1.165, 1.54) is 32.8 Å². The third-order valence-corrected chi connectivity index (χ3v) is 13.2. The van der Waals surface area contributed by atoms with E-state index in [1.54, 1.807) is 0 Å². The Morgan fingerprint density at radius 2 is 1.20 bits per heavy atom. The average molecular weight is 572 g/mol. The lowest BCUT2D eigenvalue weighted by Gasteiger charge is -2.54. The molecule has 0 spiro atoms. The minimum absolute atomic E-state index is 0.0769. The molecule has 0 aromatic heterocycles. The van der Waals surface area contributed by atoms with Crippen LogP contribution in [0.1, 0.15) is 88.4 Å². The van der Waals surface area contributed by atoms with Crippen molar-refractivity contribution in [2.24, 2.45) is 47.3 Å². The second kappa shape index (κ2) is 9.51.